The summed E-state index contributed by atoms with van der Waals surface area (Å²) in [5.41, 5.74) is 2.29. The molecule has 2 N–H and O–H groups in total. The van der Waals surface area contributed by atoms with E-state index in [0.29, 0.717) is 5.56 Å². The van der Waals surface area contributed by atoms with Gasteiger partial charge in [0.1, 0.15) is 6.04 Å². The fourth-order valence-corrected chi connectivity index (χ4v) is 3.38. The highest BCUT2D eigenvalue weighted by molar-refractivity contribution is 7.89. The van der Waals surface area contributed by atoms with Crippen molar-refractivity contribution in [3.05, 3.63) is 71.3 Å². The van der Waals surface area contributed by atoms with Gasteiger partial charge in [0, 0.05) is 5.56 Å². The Morgan fingerprint density at radius 2 is 1.69 bits per heavy atom. The molecule has 0 aliphatic carbocycles. The lowest BCUT2D eigenvalue weighted by atomic mass is 10.1. The van der Waals surface area contributed by atoms with Crippen molar-refractivity contribution in [1.82, 2.24) is 4.72 Å². The van der Waals surface area contributed by atoms with Crippen LogP contribution < -0.4 is 4.72 Å². The van der Waals surface area contributed by atoms with Crippen LogP contribution in [0.3, 0.4) is 0 Å². The summed E-state index contributed by atoms with van der Waals surface area (Å²) in [5, 5.41) is 8.80. The summed E-state index contributed by atoms with van der Waals surface area (Å²) in [6.07, 6.45) is 3.13. The maximum Gasteiger partial charge on any atom is 0.321 e. The Morgan fingerprint density at radius 3 is 2.27 bits per heavy atom. The summed E-state index contributed by atoms with van der Waals surface area (Å²) >= 11 is 0. The number of aliphatic carboxylic acids is 1. The van der Waals surface area contributed by atoms with Crippen LogP contribution in [0.4, 0.5) is 0 Å². The van der Waals surface area contributed by atoms with Crippen LogP contribution in [0.1, 0.15) is 28.4 Å². The van der Waals surface area contributed by atoms with E-state index < -0.39 is 22.0 Å². The van der Waals surface area contributed by atoms with Gasteiger partial charge < -0.3 is 5.11 Å². The summed E-state index contributed by atoms with van der Waals surface area (Å²) in [4.78, 5) is 22.9. The minimum Gasteiger partial charge on any atom is -0.480 e. The number of aryl methyl sites for hydroxylation is 1. The molecule has 1 atom stereocenters. The Kier molecular flexibility index (Phi) is 6.07. The van der Waals surface area contributed by atoms with Gasteiger partial charge >= 0.3 is 5.97 Å². The normalized spacial score (nSPS) is 12.8. The topological polar surface area (TPSA) is 101 Å². The van der Waals surface area contributed by atoms with Crippen LogP contribution >= 0.6 is 0 Å². The number of carboxylic acids is 1. The van der Waals surface area contributed by atoms with Crippen LogP contribution in [0, 0.1) is 6.92 Å². The number of carbonyl (C=O) groups is 2. The van der Waals surface area contributed by atoms with Crippen molar-refractivity contribution in [2.45, 2.75) is 24.8 Å². The maximum atomic E-state index is 12.2. The largest absolute Gasteiger partial charge is 0.480 e. The lowest BCUT2D eigenvalue weighted by Crippen LogP contribution is -2.38. The third-order valence-electron chi connectivity index (χ3n) is 3.75. The van der Waals surface area contributed by atoms with Crippen LogP contribution in [0.2, 0.25) is 0 Å². The van der Waals surface area contributed by atoms with Crippen molar-refractivity contribution in [3.63, 3.8) is 0 Å². The molecule has 0 saturated carbocycles. The molecule has 0 saturated heterocycles. The van der Waals surface area contributed by atoms with Gasteiger partial charge in [-0.1, -0.05) is 30.3 Å². The summed E-state index contributed by atoms with van der Waals surface area (Å²) in [6, 6.07) is 11.7. The molecule has 2 rings (SSSR count). The quantitative estimate of drug-likeness (QED) is 0.574. The second-order valence-corrected chi connectivity index (χ2v) is 7.47. The number of carbonyl (C=O) groups excluding carboxylic acids is 1. The minimum atomic E-state index is -3.97. The fourth-order valence-electron chi connectivity index (χ4n) is 2.19. The SMILES string of the molecule is Cc1ccccc1/C=C/C(=O)c1ccc(S(=O)(=O)N[C@@H](C)C(=O)O)cc1. The Bertz CT molecular complexity index is 946. The van der Waals surface area contributed by atoms with E-state index >= 15 is 0 Å². The average Bonchev–Trinajstić information content (AvgIpc) is 2.60. The maximum absolute atomic E-state index is 12.2. The van der Waals surface area contributed by atoms with Crippen molar-refractivity contribution >= 4 is 27.9 Å². The Morgan fingerprint density at radius 1 is 1.08 bits per heavy atom. The van der Waals surface area contributed by atoms with Gasteiger partial charge in [0.25, 0.3) is 0 Å². The Balaban J connectivity index is 2.15. The van der Waals surface area contributed by atoms with Crippen LogP contribution in [0.15, 0.2) is 59.5 Å². The Labute approximate surface area is 152 Å². The molecular weight excluding hydrogens is 354 g/mol. The molecule has 0 bridgehead atoms. The summed E-state index contributed by atoms with van der Waals surface area (Å²) < 4.78 is 26.3. The number of nitrogens with one attached hydrogen (secondary N) is 1. The van der Waals surface area contributed by atoms with Gasteiger partial charge in [-0.3, -0.25) is 9.59 Å². The smallest absolute Gasteiger partial charge is 0.321 e. The van der Waals surface area contributed by atoms with Gasteiger partial charge in [-0.05, 0) is 55.3 Å². The molecule has 26 heavy (non-hydrogen) atoms. The zero-order valence-electron chi connectivity index (χ0n) is 14.3. The van der Waals surface area contributed by atoms with Crippen molar-refractivity contribution in [2.24, 2.45) is 0 Å². The van der Waals surface area contributed by atoms with E-state index in [1.807, 2.05) is 35.9 Å². The molecule has 6 nitrogen and oxygen atoms in total. The number of hydrogen-bond donors (Lipinski definition) is 2. The van der Waals surface area contributed by atoms with Gasteiger partial charge in [0.2, 0.25) is 10.0 Å². The molecular formula is C19H19NO5S. The number of ketones is 1. The molecule has 0 aliphatic heterocycles. The number of benzene rings is 2. The molecule has 0 aliphatic rings. The van der Waals surface area contributed by atoms with E-state index in [0.717, 1.165) is 11.1 Å². The van der Waals surface area contributed by atoms with E-state index in [1.54, 1.807) is 6.08 Å². The lowest BCUT2D eigenvalue weighted by molar-refractivity contribution is -0.138. The predicted molar refractivity (Wildman–Crippen MR) is 98.4 cm³/mol. The molecule has 0 heterocycles. The highest BCUT2D eigenvalue weighted by Gasteiger charge is 2.21. The molecule has 0 unspecified atom stereocenters. The molecule has 0 amide bonds. The molecule has 136 valence electrons. The van der Waals surface area contributed by atoms with Gasteiger partial charge in [-0.15, -0.1) is 0 Å². The second kappa shape index (κ2) is 8.07. The standard InChI is InChI=1S/C19H19NO5S/c1-13-5-3-4-6-15(13)9-12-18(21)16-7-10-17(11-8-16)26(24,25)20-14(2)19(22)23/h3-12,14,20H,1-2H3,(H,22,23)/b12-9+/t14-/m0/s1. The van der Waals surface area contributed by atoms with Crippen LogP contribution in [-0.4, -0.2) is 31.3 Å². The third-order valence-corrected chi connectivity index (χ3v) is 5.31. The molecule has 0 spiro atoms. The second-order valence-electron chi connectivity index (χ2n) is 5.76. The average molecular weight is 373 g/mol. The van der Waals surface area contributed by atoms with Gasteiger partial charge in [0.15, 0.2) is 5.78 Å². The predicted octanol–water partition coefficient (Wildman–Crippen LogP) is 2.64. The van der Waals surface area contributed by atoms with Crippen LogP contribution in [0.5, 0.6) is 0 Å². The van der Waals surface area contributed by atoms with Gasteiger partial charge in [-0.25, -0.2) is 8.42 Å². The van der Waals surface area contributed by atoms with Crippen molar-refractivity contribution in [1.29, 1.82) is 0 Å². The molecule has 0 aromatic heterocycles. The first-order valence-electron chi connectivity index (χ1n) is 7.84. The molecule has 0 radical (unpaired) electrons. The number of rotatable bonds is 7. The van der Waals surface area contributed by atoms with Crippen molar-refractivity contribution in [2.75, 3.05) is 0 Å². The first-order chi connectivity index (χ1) is 12.2. The minimum absolute atomic E-state index is 0.106. The summed E-state index contributed by atoms with van der Waals surface area (Å²) in [6.45, 7) is 3.17. The number of hydrogen-bond acceptors (Lipinski definition) is 4. The van der Waals surface area contributed by atoms with E-state index in [2.05, 4.69) is 0 Å². The first-order valence-corrected chi connectivity index (χ1v) is 9.32. The monoisotopic (exact) mass is 373 g/mol. The Hall–Kier alpha value is -2.77. The summed E-state index contributed by atoms with van der Waals surface area (Å²) in [5.74, 6) is -1.54. The van der Waals surface area contributed by atoms with Gasteiger partial charge in [0.05, 0.1) is 4.90 Å². The fraction of sp³-hybridized carbons (Fsp3) is 0.158. The highest BCUT2D eigenvalue weighted by atomic mass is 32.2. The van der Waals surface area contributed by atoms with Crippen molar-refractivity contribution in [3.8, 4) is 0 Å². The van der Waals surface area contributed by atoms with E-state index in [-0.39, 0.29) is 10.7 Å². The number of allylic oxidation sites excluding steroid dienone is 1. The summed E-state index contributed by atoms with van der Waals surface area (Å²) in [7, 11) is -3.97. The zero-order valence-corrected chi connectivity index (χ0v) is 15.2. The van der Waals surface area contributed by atoms with Crippen molar-refractivity contribution < 1.29 is 23.1 Å². The first kappa shape index (κ1) is 19.6. The molecule has 7 heteroatoms. The highest BCUT2D eigenvalue weighted by Crippen LogP contribution is 2.14. The number of carboxylic acid groups (broad SMARTS) is 1. The van der Waals surface area contributed by atoms with Gasteiger partial charge in [-0.2, -0.15) is 4.72 Å². The molecule has 2 aromatic rings. The van der Waals surface area contributed by atoms with E-state index in [4.69, 9.17) is 5.11 Å². The van der Waals surface area contributed by atoms with E-state index in [9.17, 15) is 18.0 Å². The third kappa shape index (κ3) is 4.87. The van der Waals surface area contributed by atoms with Crippen LogP contribution in [0.25, 0.3) is 6.08 Å². The zero-order chi connectivity index (χ0) is 19.3. The molecule has 2 aromatic carbocycles. The molecule has 0 fully saturated rings. The van der Waals surface area contributed by atoms with E-state index in [1.165, 1.54) is 37.3 Å². The van der Waals surface area contributed by atoms with Crippen LogP contribution in [-0.2, 0) is 14.8 Å². The number of sulfonamides is 1. The lowest BCUT2D eigenvalue weighted by Gasteiger charge is -2.10.